The van der Waals surface area contributed by atoms with Crippen molar-refractivity contribution in [1.29, 1.82) is 0 Å². The van der Waals surface area contributed by atoms with Gasteiger partial charge in [0, 0.05) is 0 Å². The van der Waals surface area contributed by atoms with E-state index in [1.807, 2.05) is 6.07 Å². The van der Waals surface area contributed by atoms with Crippen molar-refractivity contribution < 1.29 is 9.53 Å². The van der Waals surface area contributed by atoms with Gasteiger partial charge in [-0.15, -0.1) is 0 Å². The van der Waals surface area contributed by atoms with Crippen LogP contribution < -0.4 is 5.73 Å². The molecule has 0 amide bonds. The third-order valence-corrected chi connectivity index (χ3v) is 2.25. The molecule has 0 saturated heterocycles. The summed E-state index contributed by atoms with van der Waals surface area (Å²) in [6, 6.07) is 5.01. The third-order valence-electron chi connectivity index (χ3n) is 1.81. The Bertz CT molecular complexity index is 344. The second-order valence-electron chi connectivity index (χ2n) is 3.00. The lowest BCUT2D eigenvalue weighted by atomic mass is 10.1. The monoisotopic (exact) mass is 272 g/mol. The van der Waals surface area contributed by atoms with E-state index in [9.17, 15) is 4.79 Å². The minimum absolute atomic E-state index is 0.150. The van der Waals surface area contributed by atoms with Crippen LogP contribution in [-0.2, 0) is 9.53 Å². The summed E-state index contributed by atoms with van der Waals surface area (Å²) in [4.78, 5) is 15.3. The second kappa shape index (κ2) is 5.82. The molecule has 1 aromatic heterocycles. The number of pyridine rings is 1. The Morgan fingerprint density at radius 1 is 1.67 bits per heavy atom. The molecule has 1 atom stereocenters. The summed E-state index contributed by atoms with van der Waals surface area (Å²) in [5.74, 6) is -0.299. The van der Waals surface area contributed by atoms with Gasteiger partial charge in [0.2, 0.25) is 0 Å². The molecule has 0 radical (unpaired) electrons. The van der Waals surface area contributed by atoms with E-state index in [0.29, 0.717) is 16.9 Å². The number of rotatable bonds is 4. The van der Waals surface area contributed by atoms with Crippen molar-refractivity contribution in [3.05, 3.63) is 28.5 Å². The number of carbonyl (C=O) groups excluding carboxylic acids is 1. The minimum Gasteiger partial charge on any atom is -0.466 e. The molecule has 1 aromatic rings. The first-order valence-corrected chi connectivity index (χ1v) is 5.46. The van der Waals surface area contributed by atoms with Crippen LogP contribution in [0.5, 0.6) is 0 Å². The van der Waals surface area contributed by atoms with Crippen molar-refractivity contribution in [3.8, 4) is 0 Å². The van der Waals surface area contributed by atoms with Crippen LogP contribution in [-0.4, -0.2) is 17.6 Å². The lowest BCUT2D eigenvalue weighted by Crippen LogP contribution is -2.18. The van der Waals surface area contributed by atoms with Crippen LogP contribution in [0.2, 0.25) is 0 Å². The van der Waals surface area contributed by atoms with Gasteiger partial charge >= 0.3 is 5.97 Å². The summed E-state index contributed by atoms with van der Waals surface area (Å²) >= 11 is 3.24. The Morgan fingerprint density at radius 3 is 3.00 bits per heavy atom. The summed E-state index contributed by atoms with van der Waals surface area (Å²) in [5.41, 5.74) is 6.49. The molecule has 2 N–H and O–H groups in total. The number of halogens is 1. The molecule has 1 unspecified atom stereocenters. The number of nitrogens with zero attached hydrogens (tertiary/aromatic N) is 1. The number of carbonyl (C=O) groups is 1. The van der Waals surface area contributed by atoms with Crippen LogP contribution in [0.15, 0.2) is 22.8 Å². The summed E-state index contributed by atoms with van der Waals surface area (Å²) in [6.07, 6.45) is 0.150. The van der Waals surface area contributed by atoms with Crippen molar-refractivity contribution in [3.63, 3.8) is 0 Å². The van der Waals surface area contributed by atoms with Gasteiger partial charge in [0.15, 0.2) is 0 Å². The fourth-order valence-corrected chi connectivity index (χ4v) is 1.49. The van der Waals surface area contributed by atoms with Gasteiger partial charge in [-0.05, 0) is 35.0 Å². The average Bonchev–Trinajstić information content (AvgIpc) is 2.18. The topological polar surface area (TPSA) is 65.2 Å². The van der Waals surface area contributed by atoms with E-state index in [0.717, 1.165) is 0 Å². The first kappa shape index (κ1) is 12.1. The van der Waals surface area contributed by atoms with Crippen LogP contribution in [0.3, 0.4) is 0 Å². The smallest absolute Gasteiger partial charge is 0.307 e. The SMILES string of the molecule is CCOC(=O)CC(N)c1cccc(Br)n1. The van der Waals surface area contributed by atoms with E-state index < -0.39 is 6.04 Å². The van der Waals surface area contributed by atoms with Crippen LogP contribution >= 0.6 is 15.9 Å². The highest BCUT2D eigenvalue weighted by Gasteiger charge is 2.13. The Morgan fingerprint density at radius 2 is 2.40 bits per heavy atom. The molecular weight excluding hydrogens is 260 g/mol. The van der Waals surface area contributed by atoms with Gasteiger partial charge in [-0.25, -0.2) is 4.98 Å². The summed E-state index contributed by atoms with van der Waals surface area (Å²) < 4.78 is 5.51. The van der Waals surface area contributed by atoms with E-state index in [4.69, 9.17) is 10.5 Å². The van der Waals surface area contributed by atoms with E-state index in [1.54, 1.807) is 19.1 Å². The molecule has 0 bridgehead atoms. The fourth-order valence-electron chi connectivity index (χ4n) is 1.13. The summed E-state index contributed by atoms with van der Waals surface area (Å²) in [6.45, 7) is 2.14. The predicted molar refractivity (Wildman–Crippen MR) is 60.1 cm³/mol. The van der Waals surface area contributed by atoms with Crippen LogP contribution in [0, 0.1) is 0 Å². The molecule has 4 nitrogen and oxygen atoms in total. The Kier molecular flexibility index (Phi) is 4.71. The largest absolute Gasteiger partial charge is 0.466 e. The molecule has 0 aliphatic carbocycles. The lowest BCUT2D eigenvalue weighted by molar-refractivity contribution is -0.143. The molecular formula is C10H13BrN2O2. The van der Waals surface area contributed by atoms with Gasteiger partial charge < -0.3 is 10.5 Å². The summed E-state index contributed by atoms with van der Waals surface area (Å²) in [5, 5.41) is 0. The first-order valence-electron chi connectivity index (χ1n) is 4.67. The molecule has 15 heavy (non-hydrogen) atoms. The first-order chi connectivity index (χ1) is 7.13. The molecule has 0 aliphatic heterocycles. The van der Waals surface area contributed by atoms with Crippen molar-refractivity contribution in [1.82, 2.24) is 4.98 Å². The van der Waals surface area contributed by atoms with Crippen LogP contribution in [0.25, 0.3) is 0 Å². The predicted octanol–water partition coefficient (Wildman–Crippen LogP) is 1.80. The number of hydrogen-bond donors (Lipinski definition) is 1. The fraction of sp³-hybridized carbons (Fsp3) is 0.400. The molecule has 5 heteroatoms. The molecule has 0 spiro atoms. The highest BCUT2D eigenvalue weighted by atomic mass is 79.9. The molecule has 0 aromatic carbocycles. The standard InChI is InChI=1S/C10H13BrN2O2/c1-2-15-10(14)6-7(12)8-4-3-5-9(11)13-8/h3-5,7H,2,6,12H2,1H3. The Labute approximate surface area is 97.0 Å². The van der Waals surface area contributed by atoms with E-state index in [-0.39, 0.29) is 12.4 Å². The van der Waals surface area contributed by atoms with Crippen LogP contribution in [0.4, 0.5) is 0 Å². The number of ether oxygens (including phenoxy) is 1. The normalized spacial score (nSPS) is 12.2. The molecule has 0 fully saturated rings. The second-order valence-corrected chi connectivity index (χ2v) is 3.81. The molecule has 1 rings (SSSR count). The van der Waals surface area contributed by atoms with E-state index >= 15 is 0 Å². The number of esters is 1. The highest BCUT2D eigenvalue weighted by Crippen LogP contribution is 2.15. The van der Waals surface area contributed by atoms with E-state index in [2.05, 4.69) is 20.9 Å². The van der Waals surface area contributed by atoms with Gasteiger partial charge in [-0.1, -0.05) is 6.07 Å². The molecule has 1 heterocycles. The maximum absolute atomic E-state index is 11.2. The quantitative estimate of drug-likeness (QED) is 0.671. The zero-order valence-corrected chi connectivity index (χ0v) is 10.0. The third kappa shape index (κ3) is 3.97. The van der Waals surface area contributed by atoms with Gasteiger partial charge in [-0.2, -0.15) is 0 Å². The van der Waals surface area contributed by atoms with Crippen LogP contribution in [0.1, 0.15) is 25.1 Å². The zero-order valence-electron chi connectivity index (χ0n) is 8.44. The van der Waals surface area contributed by atoms with Gasteiger partial charge in [-0.3, -0.25) is 4.79 Å². The van der Waals surface area contributed by atoms with Gasteiger partial charge in [0.25, 0.3) is 0 Å². The zero-order chi connectivity index (χ0) is 11.3. The average molecular weight is 273 g/mol. The maximum atomic E-state index is 11.2. The van der Waals surface area contributed by atoms with Gasteiger partial charge in [0.05, 0.1) is 24.8 Å². The Balaban J connectivity index is 2.60. The summed E-state index contributed by atoms with van der Waals surface area (Å²) in [7, 11) is 0. The molecule has 0 saturated carbocycles. The van der Waals surface area contributed by atoms with Crippen molar-refractivity contribution in [2.75, 3.05) is 6.61 Å². The van der Waals surface area contributed by atoms with Crippen molar-refractivity contribution in [2.24, 2.45) is 5.73 Å². The van der Waals surface area contributed by atoms with E-state index in [1.165, 1.54) is 0 Å². The molecule has 0 aliphatic rings. The maximum Gasteiger partial charge on any atom is 0.307 e. The lowest BCUT2D eigenvalue weighted by Gasteiger charge is -2.10. The highest BCUT2D eigenvalue weighted by molar-refractivity contribution is 9.10. The minimum atomic E-state index is -0.415. The number of nitrogens with two attached hydrogens (primary N) is 1. The Hall–Kier alpha value is -0.940. The molecule has 82 valence electrons. The van der Waals surface area contributed by atoms with Gasteiger partial charge in [0.1, 0.15) is 4.60 Å². The van der Waals surface area contributed by atoms with Crippen molar-refractivity contribution >= 4 is 21.9 Å². The number of aromatic nitrogens is 1. The number of hydrogen-bond acceptors (Lipinski definition) is 4. The van der Waals surface area contributed by atoms with Crippen molar-refractivity contribution in [2.45, 2.75) is 19.4 Å².